The number of hydrogen-bond donors (Lipinski definition) is 1. The van der Waals surface area contributed by atoms with E-state index in [2.05, 4.69) is 12.2 Å². The zero-order valence-corrected chi connectivity index (χ0v) is 15.9. The molecule has 2 aromatic rings. The lowest BCUT2D eigenvalue weighted by atomic mass is 10.1. The van der Waals surface area contributed by atoms with Crippen LogP contribution < -0.4 is 19.5 Å². The molecule has 0 aliphatic rings. The topological polar surface area (TPSA) is 56.8 Å². The maximum absolute atomic E-state index is 12.4. The zero-order valence-electron chi connectivity index (χ0n) is 15.9. The van der Waals surface area contributed by atoms with Gasteiger partial charge in [-0.3, -0.25) is 4.79 Å². The van der Waals surface area contributed by atoms with Crippen LogP contribution >= 0.6 is 0 Å². The third-order valence-corrected chi connectivity index (χ3v) is 4.09. The van der Waals surface area contributed by atoms with E-state index in [9.17, 15) is 4.79 Å². The second-order valence-corrected chi connectivity index (χ2v) is 6.13. The van der Waals surface area contributed by atoms with E-state index in [1.165, 1.54) is 0 Å². The number of rotatable bonds is 9. The number of benzene rings is 2. The molecule has 1 N–H and O–H groups in total. The maximum Gasteiger partial charge on any atom is 0.251 e. The number of hydrogen-bond acceptors (Lipinski definition) is 4. The Morgan fingerprint density at radius 3 is 2.38 bits per heavy atom. The average Bonchev–Trinajstić information content (AvgIpc) is 2.66. The summed E-state index contributed by atoms with van der Waals surface area (Å²) in [6.07, 6.45) is 1.98. The molecule has 1 amide bonds. The summed E-state index contributed by atoms with van der Waals surface area (Å²) in [6.45, 7) is 4.38. The molecular weight excluding hydrogens is 330 g/mol. The molecule has 140 valence electrons. The summed E-state index contributed by atoms with van der Waals surface area (Å²) in [4.78, 5) is 12.4. The highest BCUT2D eigenvalue weighted by atomic mass is 16.5. The number of ether oxygens (including phenoxy) is 3. The molecule has 26 heavy (non-hydrogen) atoms. The summed E-state index contributed by atoms with van der Waals surface area (Å²) in [5.41, 5.74) is 1.39. The summed E-state index contributed by atoms with van der Waals surface area (Å²) in [7, 11) is 3.20. The molecule has 0 fully saturated rings. The van der Waals surface area contributed by atoms with Crippen LogP contribution in [-0.4, -0.2) is 26.2 Å². The molecule has 0 saturated carbocycles. The van der Waals surface area contributed by atoms with Crippen molar-refractivity contribution in [3.8, 4) is 17.2 Å². The molecule has 0 aromatic heterocycles. The van der Waals surface area contributed by atoms with E-state index in [-0.39, 0.29) is 18.6 Å². The molecule has 0 aliphatic carbocycles. The maximum atomic E-state index is 12.4. The van der Waals surface area contributed by atoms with Gasteiger partial charge < -0.3 is 19.5 Å². The number of nitrogens with one attached hydrogen (secondary N) is 1. The smallest absolute Gasteiger partial charge is 0.251 e. The van der Waals surface area contributed by atoms with Crippen LogP contribution in [0.25, 0.3) is 0 Å². The van der Waals surface area contributed by atoms with Gasteiger partial charge in [0.15, 0.2) is 11.5 Å². The molecule has 5 nitrogen and oxygen atoms in total. The Morgan fingerprint density at radius 2 is 1.73 bits per heavy atom. The molecule has 0 unspecified atom stereocenters. The van der Waals surface area contributed by atoms with Crippen molar-refractivity contribution in [2.24, 2.45) is 0 Å². The molecule has 2 aromatic carbocycles. The number of methoxy groups -OCH3 is 2. The zero-order chi connectivity index (χ0) is 18.9. The van der Waals surface area contributed by atoms with Crippen LogP contribution in [0.4, 0.5) is 0 Å². The normalized spacial score (nSPS) is 11.5. The van der Waals surface area contributed by atoms with Gasteiger partial charge in [-0.1, -0.05) is 25.5 Å². The lowest BCUT2D eigenvalue weighted by Crippen LogP contribution is -2.32. The lowest BCUT2D eigenvalue weighted by Gasteiger charge is -2.15. The standard InChI is InChI=1S/C21H27NO4/c1-5-8-15(2)22-21(23)16-11-12-18(24-3)17(13-16)14-26-20-10-7-6-9-19(20)25-4/h6-7,9-13,15H,5,8,14H2,1-4H3,(H,22,23)/t15-/m1/s1. The first-order chi connectivity index (χ1) is 12.6. The van der Waals surface area contributed by atoms with Crippen molar-refractivity contribution in [1.29, 1.82) is 0 Å². The van der Waals surface area contributed by atoms with Gasteiger partial charge >= 0.3 is 0 Å². The molecular formula is C21H27NO4. The number of amides is 1. The molecule has 0 spiro atoms. The molecule has 0 aliphatic heterocycles. The van der Waals surface area contributed by atoms with Crippen molar-refractivity contribution < 1.29 is 19.0 Å². The van der Waals surface area contributed by atoms with Crippen LogP contribution in [0.15, 0.2) is 42.5 Å². The minimum atomic E-state index is -0.0906. The van der Waals surface area contributed by atoms with E-state index in [4.69, 9.17) is 14.2 Å². The van der Waals surface area contributed by atoms with E-state index >= 15 is 0 Å². The van der Waals surface area contributed by atoms with Crippen molar-refractivity contribution >= 4 is 5.91 Å². The Kier molecular flexibility index (Phi) is 7.33. The van der Waals surface area contributed by atoms with Crippen LogP contribution in [0, 0.1) is 0 Å². The largest absolute Gasteiger partial charge is 0.496 e. The van der Waals surface area contributed by atoms with E-state index in [1.54, 1.807) is 26.4 Å². The molecule has 0 saturated heterocycles. The summed E-state index contributed by atoms with van der Waals surface area (Å²) in [5.74, 6) is 1.89. The van der Waals surface area contributed by atoms with Gasteiger partial charge in [0, 0.05) is 17.2 Å². The predicted molar refractivity (Wildman–Crippen MR) is 102 cm³/mol. The van der Waals surface area contributed by atoms with Gasteiger partial charge in [-0.2, -0.15) is 0 Å². The molecule has 2 rings (SSSR count). The van der Waals surface area contributed by atoms with E-state index in [0.717, 1.165) is 18.4 Å². The Bertz CT molecular complexity index is 730. The van der Waals surface area contributed by atoms with Gasteiger partial charge in [-0.05, 0) is 43.7 Å². The Balaban J connectivity index is 2.15. The lowest BCUT2D eigenvalue weighted by molar-refractivity contribution is 0.0938. The Labute approximate surface area is 155 Å². The summed E-state index contributed by atoms with van der Waals surface area (Å²) in [6, 6.07) is 13.0. The molecule has 5 heteroatoms. The highest BCUT2D eigenvalue weighted by Gasteiger charge is 2.13. The Morgan fingerprint density at radius 1 is 1.04 bits per heavy atom. The van der Waals surface area contributed by atoms with Crippen molar-refractivity contribution in [2.75, 3.05) is 14.2 Å². The van der Waals surface area contributed by atoms with Crippen LogP contribution in [0.1, 0.15) is 42.6 Å². The molecule has 0 bridgehead atoms. The van der Waals surface area contributed by atoms with Crippen molar-refractivity contribution in [3.05, 3.63) is 53.6 Å². The van der Waals surface area contributed by atoms with Gasteiger partial charge in [0.25, 0.3) is 5.91 Å². The first-order valence-corrected chi connectivity index (χ1v) is 8.82. The molecule has 1 atom stereocenters. The highest BCUT2D eigenvalue weighted by Crippen LogP contribution is 2.28. The van der Waals surface area contributed by atoms with Crippen molar-refractivity contribution in [3.63, 3.8) is 0 Å². The van der Waals surface area contributed by atoms with Crippen molar-refractivity contribution in [1.82, 2.24) is 5.32 Å². The summed E-state index contributed by atoms with van der Waals surface area (Å²) in [5, 5.41) is 3.01. The summed E-state index contributed by atoms with van der Waals surface area (Å²) >= 11 is 0. The minimum absolute atomic E-state index is 0.0906. The van der Waals surface area contributed by atoms with Crippen LogP contribution in [-0.2, 0) is 6.61 Å². The van der Waals surface area contributed by atoms with Crippen molar-refractivity contribution in [2.45, 2.75) is 39.3 Å². The van der Waals surface area contributed by atoms with Gasteiger partial charge in [-0.25, -0.2) is 0 Å². The van der Waals surface area contributed by atoms with Crippen LogP contribution in [0.3, 0.4) is 0 Å². The predicted octanol–water partition coefficient (Wildman–Crippen LogP) is 4.20. The van der Waals surface area contributed by atoms with Gasteiger partial charge in [0.1, 0.15) is 12.4 Å². The second kappa shape index (κ2) is 9.70. The van der Waals surface area contributed by atoms with Crippen LogP contribution in [0.5, 0.6) is 17.2 Å². The SMILES string of the molecule is CCC[C@@H](C)NC(=O)c1ccc(OC)c(COc2ccccc2OC)c1. The third kappa shape index (κ3) is 5.15. The first kappa shape index (κ1) is 19.6. The van der Waals surface area contributed by atoms with Gasteiger partial charge in [0.2, 0.25) is 0 Å². The molecule has 0 heterocycles. The van der Waals surface area contributed by atoms with E-state index in [1.807, 2.05) is 37.3 Å². The number of para-hydroxylation sites is 2. The number of carbonyl (C=O) groups excluding carboxylic acids is 1. The van der Waals surface area contributed by atoms with E-state index < -0.39 is 0 Å². The fraction of sp³-hybridized carbons (Fsp3) is 0.381. The summed E-state index contributed by atoms with van der Waals surface area (Å²) < 4.78 is 16.6. The first-order valence-electron chi connectivity index (χ1n) is 8.82. The Hall–Kier alpha value is -2.69. The fourth-order valence-corrected chi connectivity index (χ4v) is 2.74. The average molecular weight is 357 g/mol. The highest BCUT2D eigenvalue weighted by molar-refractivity contribution is 5.94. The van der Waals surface area contributed by atoms with Gasteiger partial charge in [-0.15, -0.1) is 0 Å². The van der Waals surface area contributed by atoms with Gasteiger partial charge in [0.05, 0.1) is 14.2 Å². The minimum Gasteiger partial charge on any atom is -0.496 e. The fourth-order valence-electron chi connectivity index (χ4n) is 2.74. The van der Waals surface area contributed by atoms with E-state index in [0.29, 0.717) is 22.8 Å². The third-order valence-electron chi connectivity index (χ3n) is 4.09. The quantitative estimate of drug-likeness (QED) is 0.731. The molecule has 0 radical (unpaired) electrons. The number of carbonyl (C=O) groups is 1. The van der Waals surface area contributed by atoms with Crippen LogP contribution in [0.2, 0.25) is 0 Å². The second-order valence-electron chi connectivity index (χ2n) is 6.13. The monoisotopic (exact) mass is 357 g/mol.